The van der Waals surface area contributed by atoms with Crippen molar-refractivity contribution in [2.24, 2.45) is 0 Å². The molecular formula is C26H28N4O5S. The van der Waals surface area contributed by atoms with Crippen LogP contribution in [0, 0.1) is 0 Å². The van der Waals surface area contributed by atoms with E-state index >= 15 is 0 Å². The van der Waals surface area contributed by atoms with E-state index in [1.165, 1.54) is 13.8 Å². The van der Waals surface area contributed by atoms with Crippen LogP contribution in [-0.2, 0) is 37.2 Å². The van der Waals surface area contributed by atoms with Crippen molar-refractivity contribution in [3.05, 3.63) is 71.9 Å². The highest BCUT2D eigenvalue weighted by molar-refractivity contribution is 7.93. The Hall–Kier alpha value is -3.66. The second kappa shape index (κ2) is 8.77. The fourth-order valence-corrected chi connectivity index (χ4v) is 7.28. The summed E-state index contributed by atoms with van der Waals surface area (Å²) in [5.74, 6) is -1.43. The molecule has 2 aromatic carbocycles. The minimum absolute atomic E-state index is 0.119. The summed E-state index contributed by atoms with van der Waals surface area (Å²) in [6.45, 7) is 3.20. The Balaban J connectivity index is 1.41. The van der Waals surface area contributed by atoms with Gasteiger partial charge >= 0.3 is 0 Å². The number of aromatic amines is 1. The summed E-state index contributed by atoms with van der Waals surface area (Å²) in [5.41, 5.74) is 2.64. The first-order chi connectivity index (χ1) is 17.1. The van der Waals surface area contributed by atoms with Crippen LogP contribution in [0.1, 0.15) is 31.4 Å². The molecule has 2 aliphatic heterocycles. The van der Waals surface area contributed by atoms with Crippen LogP contribution in [0.25, 0.3) is 10.9 Å². The highest BCUT2D eigenvalue weighted by Gasteiger charge is 2.67. The lowest BCUT2D eigenvalue weighted by Crippen LogP contribution is -2.61. The van der Waals surface area contributed by atoms with Gasteiger partial charge in [-0.15, -0.1) is 0 Å². The Labute approximate surface area is 209 Å². The van der Waals surface area contributed by atoms with Gasteiger partial charge in [0.15, 0.2) is 9.84 Å². The molecule has 2 aliphatic rings. The number of H-pyrrole nitrogens is 1. The van der Waals surface area contributed by atoms with Gasteiger partial charge in [0.2, 0.25) is 17.7 Å². The van der Waals surface area contributed by atoms with Crippen LogP contribution in [0.5, 0.6) is 0 Å². The van der Waals surface area contributed by atoms with Crippen molar-refractivity contribution in [3.63, 3.8) is 0 Å². The number of β-lactam (4-membered cyclic amide) rings is 1. The van der Waals surface area contributed by atoms with Crippen molar-refractivity contribution in [2.45, 2.75) is 55.4 Å². The van der Waals surface area contributed by atoms with Gasteiger partial charge in [0.1, 0.15) is 17.5 Å². The highest BCUT2D eigenvalue weighted by atomic mass is 32.2. The third-order valence-electron chi connectivity index (χ3n) is 7.27. The zero-order valence-corrected chi connectivity index (χ0v) is 20.8. The number of aromatic nitrogens is 1. The molecule has 0 aliphatic carbocycles. The number of sulfone groups is 1. The lowest BCUT2D eigenvalue weighted by Gasteiger charge is -2.37. The van der Waals surface area contributed by atoms with Gasteiger partial charge in [-0.1, -0.05) is 48.5 Å². The molecule has 0 spiro atoms. The topological polar surface area (TPSA) is 128 Å². The predicted octanol–water partition coefficient (Wildman–Crippen LogP) is 1.65. The number of rotatable bonds is 7. The Bertz CT molecular complexity index is 1450. The number of hydrogen-bond donors (Lipinski definition) is 3. The summed E-state index contributed by atoms with van der Waals surface area (Å²) in [6, 6.07) is 14.8. The van der Waals surface area contributed by atoms with Gasteiger partial charge in [-0.3, -0.25) is 14.4 Å². The number of carbonyl (C=O) groups excluding carboxylic acids is 3. The zero-order chi connectivity index (χ0) is 25.7. The van der Waals surface area contributed by atoms with E-state index in [-0.39, 0.29) is 25.3 Å². The minimum atomic E-state index is -3.74. The average Bonchev–Trinajstić information content (AvgIpc) is 3.31. The summed E-state index contributed by atoms with van der Waals surface area (Å²) in [7, 11) is -3.74. The van der Waals surface area contributed by atoms with Crippen LogP contribution >= 0.6 is 0 Å². The molecule has 9 nitrogen and oxygen atoms in total. The van der Waals surface area contributed by atoms with Crippen molar-refractivity contribution in [1.82, 2.24) is 20.5 Å². The molecule has 2 fully saturated rings. The van der Waals surface area contributed by atoms with Crippen LogP contribution in [-0.4, -0.2) is 58.2 Å². The Morgan fingerprint density at radius 2 is 1.81 bits per heavy atom. The van der Waals surface area contributed by atoms with Crippen molar-refractivity contribution >= 4 is 38.5 Å². The number of benzene rings is 2. The normalized spacial score (nSPS) is 22.5. The minimum Gasteiger partial charge on any atom is -0.361 e. The third kappa shape index (κ3) is 3.85. The number of nitrogens with one attached hydrogen (secondary N) is 3. The van der Waals surface area contributed by atoms with Crippen LogP contribution in [0.2, 0.25) is 0 Å². The number of nitrogens with zero attached hydrogens (tertiary/aromatic N) is 1. The second-order valence-electron chi connectivity index (χ2n) is 9.84. The van der Waals surface area contributed by atoms with E-state index in [1.54, 1.807) is 6.20 Å². The van der Waals surface area contributed by atoms with Crippen molar-refractivity contribution in [2.75, 3.05) is 0 Å². The number of amides is 3. The summed E-state index contributed by atoms with van der Waals surface area (Å²) in [6.07, 6.45) is 1.87. The Morgan fingerprint density at radius 1 is 1.11 bits per heavy atom. The molecule has 5 rings (SSSR count). The molecular weight excluding hydrogens is 480 g/mol. The Kier molecular flexibility index (Phi) is 5.86. The van der Waals surface area contributed by atoms with E-state index in [1.807, 2.05) is 54.6 Å². The van der Waals surface area contributed by atoms with Crippen molar-refractivity contribution in [1.29, 1.82) is 0 Å². The molecule has 3 atom stereocenters. The fraction of sp³-hybridized carbons (Fsp3) is 0.346. The quantitative estimate of drug-likeness (QED) is 0.418. The fourth-order valence-electron chi connectivity index (χ4n) is 5.14. The lowest BCUT2D eigenvalue weighted by molar-refractivity contribution is -0.150. The first-order valence-electron chi connectivity index (χ1n) is 11.8. The van der Waals surface area contributed by atoms with E-state index in [9.17, 15) is 22.8 Å². The van der Waals surface area contributed by atoms with E-state index in [4.69, 9.17) is 0 Å². The molecule has 3 amide bonds. The van der Waals surface area contributed by atoms with Crippen LogP contribution in [0.15, 0.2) is 60.8 Å². The molecule has 10 heteroatoms. The van der Waals surface area contributed by atoms with Crippen LogP contribution in [0.3, 0.4) is 0 Å². The Morgan fingerprint density at radius 3 is 2.53 bits per heavy atom. The second-order valence-corrected chi connectivity index (χ2v) is 12.5. The van der Waals surface area contributed by atoms with Crippen LogP contribution < -0.4 is 10.6 Å². The van der Waals surface area contributed by atoms with Crippen LogP contribution in [0.4, 0.5) is 0 Å². The first-order valence-corrected chi connectivity index (χ1v) is 13.4. The average molecular weight is 509 g/mol. The van der Waals surface area contributed by atoms with E-state index < -0.39 is 43.9 Å². The molecule has 0 radical (unpaired) electrons. The molecule has 0 unspecified atom stereocenters. The van der Waals surface area contributed by atoms with Gasteiger partial charge in [-0.25, -0.2) is 8.42 Å². The molecule has 3 aromatic rings. The predicted molar refractivity (Wildman–Crippen MR) is 134 cm³/mol. The number of fused-ring (bicyclic) bond motifs is 2. The molecule has 0 bridgehead atoms. The van der Waals surface area contributed by atoms with Crippen molar-refractivity contribution in [3.8, 4) is 0 Å². The van der Waals surface area contributed by atoms with E-state index in [0.717, 1.165) is 26.9 Å². The van der Waals surface area contributed by atoms with Gasteiger partial charge in [0.25, 0.3) is 0 Å². The maximum absolute atomic E-state index is 13.5. The number of carbonyl (C=O) groups is 3. The molecule has 188 valence electrons. The number of para-hydroxylation sites is 1. The smallest absolute Gasteiger partial charge is 0.245 e. The zero-order valence-electron chi connectivity index (χ0n) is 20.0. The maximum Gasteiger partial charge on any atom is 0.245 e. The molecule has 1 aromatic heterocycles. The molecule has 2 saturated heterocycles. The molecule has 3 heterocycles. The van der Waals surface area contributed by atoms with E-state index in [0.29, 0.717) is 0 Å². The standard InChI is InChI=1S/C26H28N4O5S/c1-26(2)23(30-21(31)13-22(30)36(26,34)35)25(33)29-20(24(32)28-14-16-8-4-3-5-9-16)12-17-15-27-19-11-7-6-10-18(17)19/h3-11,15,20,22-23,27H,12-14H2,1-2H3,(H,28,32)(H,29,33)/t20-,22-,23+/m0/s1. The van der Waals surface area contributed by atoms with Crippen molar-refractivity contribution < 1.29 is 22.8 Å². The molecule has 3 N–H and O–H groups in total. The van der Waals surface area contributed by atoms with Gasteiger partial charge in [-0.2, -0.15) is 0 Å². The van der Waals surface area contributed by atoms with Gasteiger partial charge in [0, 0.05) is 30.1 Å². The maximum atomic E-state index is 13.5. The summed E-state index contributed by atoms with van der Waals surface area (Å²) < 4.78 is 24.4. The van der Waals surface area contributed by atoms with Gasteiger partial charge < -0.3 is 20.5 Å². The summed E-state index contributed by atoms with van der Waals surface area (Å²) in [4.78, 5) is 43.4. The van der Waals surface area contributed by atoms with Gasteiger partial charge in [-0.05, 0) is 31.0 Å². The molecule has 36 heavy (non-hydrogen) atoms. The lowest BCUT2D eigenvalue weighted by atomic mass is 9.96. The SMILES string of the molecule is CC1(C)[C@@H](C(=O)N[C@@H](Cc2c[nH]c3ccccc23)C(=O)NCc2ccccc2)N2C(=O)C[C@@H]2S1(=O)=O. The monoisotopic (exact) mass is 508 g/mol. The summed E-state index contributed by atoms with van der Waals surface area (Å²) >= 11 is 0. The highest BCUT2D eigenvalue weighted by Crippen LogP contribution is 2.45. The van der Waals surface area contributed by atoms with E-state index in [2.05, 4.69) is 15.6 Å². The third-order valence-corrected chi connectivity index (χ3v) is 10.1. The molecule has 0 saturated carbocycles. The summed E-state index contributed by atoms with van der Waals surface area (Å²) in [5, 5.41) is 5.58. The van der Waals surface area contributed by atoms with Gasteiger partial charge in [0.05, 0.1) is 11.2 Å². The first kappa shape index (κ1) is 24.1. The number of hydrogen-bond acceptors (Lipinski definition) is 5. The largest absolute Gasteiger partial charge is 0.361 e.